The number of amides is 2. The number of nitrogens with two attached hydrogens (primary N) is 1. The molecule has 3 N–H and O–H groups in total. The minimum Gasteiger partial charge on any atom is -0.371 e. The van der Waals surface area contributed by atoms with Crippen molar-refractivity contribution in [2.45, 2.75) is 6.10 Å². The highest BCUT2D eigenvalue weighted by molar-refractivity contribution is 6.01. The summed E-state index contributed by atoms with van der Waals surface area (Å²) in [6.07, 6.45) is 1.55. The van der Waals surface area contributed by atoms with Gasteiger partial charge in [-0.15, -0.1) is 0 Å². The first-order chi connectivity index (χ1) is 7.63. The number of aromatic nitrogens is 1. The molecule has 1 heterocycles. The summed E-state index contributed by atoms with van der Waals surface area (Å²) in [7, 11) is 1.29. The zero-order chi connectivity index (χ0) is 12.0. The van der Waals surface area contributed by atoms with Crippen LogP contribution in [-0.2, 0) is 14.3 Å². The van der Waals surface area contributed by atoms with Crippen LogP contribution in [0.4, 0.5) is 5.82 Å². The van der Waals surface area contributed by atoms with Crippen molar-refractivity contribution in [3.63, 3.8) is 0 Å². The number of rotatable bonds is 5. The first-order valence-corrected chi connectivity index (χ1v) is 4.52. The lowest BCUT2D eigenvalue weighted by Gasteiger charge is -2.10. The highest BCUT2D eigenvalue weighted by Crippen LogP contribution is 2.02. The van der Waals surface area contributed by atoms with E-state index in [9.17, 15) is 9.59 Å². The van der Waals surface area contributed by atoms with Gasteiger partial charge in [-0.2, -0.15) is 0 Å². The van der Waals surface area contributed by atoms with Gasteiger partial charge in [0.2, 0.25) is 11.8 Å². The van der Waals surface area contributed by atoms with Gasteiger partial charge >= 0.3 is 0 Å². The third-order valence-corrected chi connectivity index (χ3v) is 1.75. The van der Waals surface area contributed by atoms with Crippen molar-refractivity contribution in [1.82, 2.24) is 4.98 Å². The quantitative estimate of drug-likeness (QED) is 0.716. The third-order valence-electron chi connectivity index (χ3n) is 1.75. The second-order valence-corrected chi connectivity index (χ2v) is 2.93. The standard InChI is InChI=1S/C10H12N3O3/c1-16-7(10(11)15)6-9(14)13-8-4-2-3-5-12-8/h2-7H,1H3,(H2,11,15)(H,12,13,14)/t7-/m1/s1. The number of pyridine rings is 1. The molecule has 0 aliphatic heterocycles. The first-order valence-electron chi connectivity index (χ1n) is 4.52. The Labute approximate surface area is 92.8 Å². The summed E-state index contributed by atoms with van der Waals surface area (Å²) in [6.45, 7) is 0. The van der Waals surface area contributed by atoms with Crippen LogP contribution in [0.2, 0.25) is 0 Å². The van der Waals surface area contributed by atoms with Crippen LogP contribution < -0.4 is 11.1 Å². The molecular formula is C10H12N3O3. The summed E-state index contributed by atoms with van der Waals surface area (Å²) in [6, 6.07) is 5.07. The van der Waals surface area contributed by atoms with Crippen LogP contribution >= 0.6 is 0 Å². The van der Waals surface area contributed by atoms with Crippen molar-refractivity contribution >= 4 is 17.6 Å². The molecule has 16 heavy (non-hydrogen) atoms. The fourth-order valence-electron chi connectivity index (χ4n) is 1.01. The smallest absolute Gasteiger partial charge is 0.247 e. The Balaban J connectivity index is 2.50. The molecule has 6 nitrogen and oxygen atoms in total. The van der Waals surface area contributed by atoms with E-state index in [4.69, 9.17) is 10.5 Å². The van der Waals surface area contributed by atoms with Crippen molar-refractivity contribution in [3.05, 3.63) is 30.8 Å². The molecule has 6 heteroatoms. The van der Waals surface area contributed by atoms with Crippen LogP contribution in [0.15, 0.2) is 24.4 Å². The molecule has 85 valence electrons. The van der Waals surface area contributed by atoms with Crippen molar-refractivity contribution in [2.75, 3.05) is 12.4 Å². The van der Waals surface area contributed by atoms with Gasteiger partial charge in [0.15, 0.2) is 0 Å². The fraction of sp³-hybridized carbons (Fsp3) is 0.200. The second kappa shape index (κ2) is 5.82. The van der Waals surface area contributed by atoms with Gasteiger partial charge < -0.3 is 15.8 Å². The SMILES string of the molecule is CO[C@H]([CH]C(=O)Nc1ccccn1)C(N)=O. The van der Waals surface area contributed by atoms with Crippen LogP contribution in [0, 0.1) is 6.42 Å². The molecule has 0 aliphatic rings. The summed E-state index contributed by atoms with van der Waals surface area (Å²) in [5.74, 6) is -0.828. The van der Waals surface area contributed by atoms with E-state index < -0.39 is 17.9 Å². The average Bonchev–Trinajstić information content (AvgIpc) is 2.27. The number of methoxy groups -OCH3 is 1. The van der Waals surface area contributed by atoms with Crippen LogP contribution in [0.1, 0.15) is 0 Å². The molecule has 0 saturated carbocycles. The number of primary amides is 1. The number of nitrogens with one attached hydrogen (secondary N) is 1. The lowest BCUT2D eigenvalue weighted by atomic mass is 10.2. The Bertz CT molecular complexity index is 367. The molecular weight excluding hydrogens is 210 g/mol. The number of anilines is 1. The van der Waals surface area contributed by atoms with Crippen LogP contribution in [0.3, 0.4) is 0 Å². The maximum absolute atomic E-state index is 11.4. The van der Waals surface area contributed by atoms with Gasteiger partial charge in [-0.05, 0) is 12.1 Å². The maximum atomic E-state index is 11.4. The number of carbonyl (C=O) groups excluding carboxylic acids is 2. The van der Waals surface area contributed by atoms with E-state index in [-0.39, 0.29) is 0 Å². The Morgan fingerprint density at radius 2 is 2.31 bits per heavy atom. The van der Waals surface area contributed by atoms with Crippen molar-refractivity contribution in [2.24, 2.45) is 5.73 Å². The summed E-state index contributed by atoms with van der Waals surface area (Å²) >= 11 is 0. The molecule has 0 saturated heterocycles. The van der Waals surface area contributed by atoms with Gasteiger partial charge in [-0.3, -0.25) is 9.59 Å². The molecule has 1 radical (unpaired) electrons. The van der Waals surface area contributed by atoms with E-state index in [0.717, 1.165) is 6.42 Å². The Morgan fingerprint density at radius 1 is 1.56 bits per heavy atom. The number of nitrogens with zero attached hydrogens (tertiary/aromatic N) is 1. The number of carbonyl (C=O) groups is 2. The largest absolute Gasteiger partial charge is 0.371 e. The van der Waals surface area contributed by atoms with Crippen LogP contribution in [-0.4, -0.2) is 30.0 Å². The van der Waals surface area contributed by atoms with Crippen molar-refractivity contribution < 1.29 is 14.3 Å². The minimum atomic E-state index is -1.04. The van der Waals surface area contributed by atoms with Crippen molar-refractivity contribution in [1.29, 1.82) is 0 Å². The zero-order valence-corrected chi connectivity index (χ0v) is 8.71. The average molecular weight is 222 g/mol. The molecule has 0 fully saturated rings. The van der Waals surface area contributed by atoms with E-state index in [0.29, 0.717) is 5.82 Å². The Kier molecular flexibility index (Phi) is 4.41. The predicted octanol–water partition coefficient (Wildman–Crippen LogP) is -0.275. The van der Waals surface area contributed by atoms with Crippen LogP contribution in [0.5, 0.6) is 0 Å². The molecule has 0 bridgehead atoms. The van der Waals surface area contributed by atoms with E-state index in [1.807, 2.05) is 0 Å². The molecule has 2 amide bonds. The molecule has 1 atom stereocenters. The predicted molar refractivity (Wildman–Crippen MR) is 57.2 cm³/mol. The Morgan fingerprint density at radius 3 is 2.81 bits per heavy atom. The highest BCUT2D eigenvalue weighted by atomic mass is 16.5. The van der Waals surface area contributed by atoms with Crippen molar-refractivity contribution in [3.8, 4) is 0 Å². The van der Waals surface area contributed by atoms with Crippen LogP contribution in [0.25, 0.3) is 0 Å². The van der Waals surface area contributed by atoms with Gasteiger partial charge in [-0.25, -0.2) is 4.98 Å². The third kappa shape index (κ3) is 3.66. The molecule has 0 spiro atoms. The summed E-state index contributed by atoms with van der Waals surface area (Å²) < 4.78 is 4.71. The number of hydrogen-bond acceptors (Lipinski definition) is 4. The highest BCUT2D eigenvalue weighted by Gasteiger charge is 2.19. The van der Waals surface area contributed by atoms with Gasteiger partial charge in [0.25, 0.3) is 0 Å². The first kappa shape index (κ1) is 12.1. The Hall–Kier alpha value is -1.95. The van der Waals surface area contributed by atoms with Gasteiger partial charge in [0.05, 0.1) is 6.42 Å². The molecule has 0 aromatic carbocycles. The van der Waals surface area contributed by atoms with E-state index in [2.05, 4.69) is 10.3 Å². The maximum Gasteiger partial charge on any atom is 0.247 e. The lowest BCUT2D eigenvalue weighted by Crippen LogP contribution is -2.34. The lowest BCUT2D eigenvalue weighted by molar-refractivity contribution is -0.128. The number of ether oxygens (including phenoxy) is 1. The zero-order valence-electron chi connectivity index (χ0n) is 8.71. The summed E-state index contributed by atoms with van der Waals surface area (Å²) in [5, 5.41) is 2.47. The molecule has 0 unspecified atom stereocenters. The van der Waals surface area contributed by atoms with Gasteiger partial charge in [0.1, 0.15) is 11.9 Å². The minimum absolute atomic E-state index is 0.392. The number of hydrogen-bond donors (Lipinski definition) is 2. The normalized spacial score (nSPS) is 11.8. The molecule has 1 rings (SSSR count). The second-order valence-electron chi connectivity index (χ2n) is 2.93. The summed E-state index contributed by atoms with van der Waals surface area (Å²) in [4.78, 5) is 26.1. The summed E-state index contributed by atoms with van der Waals surface area (Å²) in [5.41, 5.74) is 5.00. The fourth-order valence-corrected chi connectivity index (χ4v) is 1.01. The molecule has 1 aromatic rings. The van der Waals surface area contributed by atoms with E-state index in [1.54, 1.807) is 18.2 Å². The molecule has 0 aliphatic carbocycles. The monoisotopic (exact) mass is 222 g/mol. The molecule has 1 aromatic heterocycles. The van der Waals surface area contributed by atoms with E-state index in [1.165, 1.54) is 13.3 Å². The van der Waals surface area contributed by atoms with E-state index >= 15 is 0 Å². The topological polar surface area (TPSA) is 94.3 Å². The van der Waals surface area contributed by atoms with Gasteiger partial charge in [-0.1, -0.05) is 6.07 Å². The van der Waals surface area contributed by atoms with Gasteiger partial charge in [0, 0.05) is 13.3 Å².